The Morgan fingerprint density at radius 1 is 0.404 bits per heavy atom. The van der Waals surface area contributed by atoms with Crippen LogP contribution < -0.4 is 0 Å². The Labute approximate surface area is 296 Å². The topological polar surface area (TPSA) is 49.0 Å². The first kappa shape index (κ1) is 27.7. The van der Waals surface area contributed by atoms with Crippen LogP contribution in [-0.2, 0) is 0 Å². The molecular formula is C47H27N3O2. The van der Waals surface area contributed by atoms with E-state index in [2.05, 4.69) is 149 Å². The van der Waals surface area contributed by atoms with Gasteiger partial charge >= 0.3 is 0 Å². The zero-order valence-corrected chi connectivity index (χ0v) is 27.7. The Kier molecular flexibility index (Phi) is 5.44. The number of benzene rings is 8. The monoisotopic (exact) mass is 665 g/mol. The first-order valence-corrected chi connectivity index (χ1v) is 17.6. The summed E-state index contributed by atoms with van der Waals surface area (Å²) < 4.78 is 17.9. The standard InChI is InChI=1S/C47H27N3O2/c1-2-13-29(14-3-1)49-38-20-10-7-17-34(38)43-39(49)24-23-33-32-16-6-9-19-37(32)50(46(33)43)30-22-25-40-35(27-30)44-42(51-40)26-28-12-4-5-15-31(28)45(44)47-48-36-18-8-11-21-41(36)52-47/h1-27H. The zero-order valence-electron chi connectivity index (χ0n) is 27.7. The van der Waals surface area contributed by atoms with Crippen LogP contribution in [0.25, 0.3) is 110 Å². The van der Waals surface area contributed by atoms with Gasteiger partial charge in [0.15, 0.2) is 5.58 Å². The molecule has 0 aliphatic heterocycles. The third kappa shape index (κ3) is 3.69. The highest BCUT2D eigenvalue weighted by Crippen LogP contribution is 2.45. The summed E-state index contributed by atoms with van der Waals surface area (Å²) in [6.45, 7) is 0. The van der Waals surface area contributed by atoms with Crippen molar-refractivity contribution in [1.29, 1.82) is 0 Å². The fourth-order valence-electron chi connectivity index (χ4n) is 8.56. The second-order valence-corrected chi connectivity index (χ2v) is 13.5. The molecule has 4 heterocycles. The molecule has 12 rings (SSSR count). The average molecular weight is 666 g/mol. The van der Waals surface area contributed by atoms with Gasteiger partial charge in [0.1, 0.15) is 16.7 Å². The van der Waals surface area contributed by atoms with E-state index in [1.807, 2.05) is 24.3 Å². The quantitative estimate of drug-likeness (QED) is 0.189. The van der Waals surface area contributed by atoms with Crippen molar-refractivity contribution in [2.75, 3.05) is 0 Å². The lowest BCUT2D eigenvalue weighted by Crippen LogP contribution is -1.95. The lowest BCUT2D eigenvalue weighted by Gasteiger charge is -2.11. The maximum atomic E-state index is 6.64. The van der Waals surface area contributed by atoms with Crippen LogP contribution in [0.4, 0.5) is 0 Å². The van der Waals surface area contributed by atoms with Crippen molar-refractivity contribution < 1.29 is 8.83 Å². The van der Waals surface area contributed by atoms with Crippen molar-refractivity contribution in [3.05, 3.63) is 164 Å². The molecule has 5 heteroatoms. The smallest absolute Gasteiger partial charge is 0.228 e. The lowest BCUT2D eigenvalue weighted by molar-refractivity contribution is 0.621. The average Bonchev–Trinajstić information content (AvgIpc) is 3.96. The molecule has 0 saturated carbocycles. The second kappa shape index (κ2) is 10.2. The summed E-state index contributed by atoms with van der Waals surface area (Å²) in [7, 11) is 0. The normalized spacial score (nSPS) is 12.2. The number of fused-ring (bicyclic) bond motifs is 12. The molecule has 0 aliphatic carbocycles. The molecule has 5 nitrogen and oxygen atoms in total. The highest BCUT2D eigenvalue weighted by Gasteiger charge is 2.24. The van der Waals surface area contributed by atoms with E-state index in [1.165, 1.54) is 38.1 Å². The minimum Gasteiger partial charge on any atom is -0.456 e. The molecule has 0 unspecified atom stereocenters. The van der Waals surface area contributed by atoms with Crippen LogP contribution in [0, 0.1) is 0 Å². The van der Waals surface area contributed by atoms with Gasteiger partial charge in [-0.15, -0.1) is 0 Å². The van der Waals surface area contributed by atoms with Gasteiger partial charge < -0.3 is 18.0 Å². The van der Waals surface area contributed by atoms with Gasteiger partial charge in [-0.3, -0.25) is 0 Å². The van der Waals surface area contributed by atoms with E-state index in [-0.39, 0.29) is 0 Å². The highest BCUT2D eigenvalue weighted by atomic mass is 16.3. The van der Waals surface area contributed by atoms with E-state index in [0.717, 1.165) is 66.3 Å². The van der Waals surface area contributed by atoms with E-state index in [4.69, 9.17) is 13.8 Å². The zero-order chi connectivity index (χ0) is 33.9. The van der Waals surface area contributed by atoms with Crippen molar-refractivity contribution >= 4 is 87.4 Å². The van der Waals surface area contributed by atoms with Gasteiger partial charge in [-0.2, -0.15) is 0 Å². The van der Waals surface area contributed by atoms with E-state index >= 15 is 0 Å². The van der Waals surface area contributed by atoms with Gasteiger partial charge in [0.05, 0.1) is 27.6 Å². The highest BCUT2D eigenvalue weighted by molar-refractivity contribution is 6.26. The maximum Gasteiger partial charge on any atom is 0.228 e. The van der Waals surface area contributed by atoms with E-state index in [9.17, 15) is 0 Å². The van der Waals surface area contributed by atoms with Gasteiger partial charge in [0.25, 0.3) is 0 Å². The fraction of sp³-hybridized carbons (Fsp3) is 0. The largest absolute Gasteiger partial charge is 0.456 e. The van der Waals surface area contributed by atoms with E-state index in [1.54, 1.807) is 0 Å². The number of rotatable bonds is 3. The Hall–Kier alpha value is -7.11. The van der Waals surface area contributed by atoms with Gasteiger partial charge in [-0.1, -0.05) is 97.1 Å². The van der Waals surface area contributed by atoms with Crippen LogP contribution in [0.15, 0.2) is 173 Å². The van der Waals surface area contributed by atoms with Crippen molar-refractivity contribution in [2.45, 2.75) is 0 Å². The lowest BCUT2D eigenvalue weighted by atomic mass is 9.98. The number of furan rings is 1. The molecule has 52 heavy (non-hydrogen) atoms. The summed E-state index contributed by atoms with van der Waals surface area (Å²) in [5.41, 5.74) is 11.0. The molecular weight excluding hydrogens is 639 g/mol. The Bertz CT molecular complexity index is 3380. The van der Waals surface area contributed by atoms with Gasteiger partial charge in [0.2, 0.25) is 5.89 Å². The van der Waals surface area contributed by atoms with E-state index in [0.29, 0.717) is 5.89 Å². The molecule has 0 spiro atoms. The number of para-hydroxylation sites is 5. The van der Waals surface area contributed by atoms with Gasteiger partial charge in [0, 0.05) is 43.7 Å². The minimum absolute atomic E-state index is 0.586. The number of hydrogen-bond donors (Lipinski definition) is 0. The van der Waals surface area contributed by atoms with Crippen LogP contribution in [0.1, 0.15) is 0 Å². The molecule has 0 amide bonds. The summed E-state index contributed by atoms with van der Waals surface area (Å²) in [4.78, 5) is 5.00. The molecule has 0 fully saturated rings. The van der Waals surface area contributed by atoms with Crippen molar-refractivity contribution in [1.82, 2.24) is 14.1 Å². The minimum atomic E-state index is 0.586. The third-order valence-electron chi connectivity index (χ3n) is 10.7. The number of hydrogen-bond acceptors (Lipinski definition) is 3. The predicted molar refractivity (Wildman–Crippen MR) is 213 cm³/mol. The Balaban J connectivity index is 1.22. The molecule has 8 aromatic carbocycles. The molecule has 0 N–H and O–H groups in total. The van der Waals surface area contributed by atoms with E-state index < -0.39 is 0 Å². The molecule has 0 bridgehead atoms. The molecule has 0 saturated heterocycles. The first-order valence-electron chi connectivity index (χ1n) is 17.6. The Morgan fingerprint density at radius 3 is 2.00 bits per heavy atom. The number of nitrogens with zero attached hydrogens (tertiary/aromatic N) is 3. The predicted octanol–water partition coefficient (Wildman–Crippen LogP) is 12.7. The maximum absolute atomic E-state index is 6.64. The van der Waals surface area contributed by atoms with Crippen molar-refractivity contribution in [3.8, 4) is 22.8 Å². The number of oxazole rings is 1. The Morgan fingerprint density at radius 2 is 1.13 bits per heavy atom. The van der Waals surface area contributed by atoms with Crippen LogP contribution >= 0.6 is 0 Å². The molecule has 242 valence electrons. The summed E-state index contributed by atoms with van der Waals surface area (Å²) in [5, 5.41) is 9.03. The molecule has 4 aromatic heterocycles. The number of aromatic nitrogens is 3. The summed E-state index contributed by atoms with van der Waals surface area (Å²) in [6, 6.07) is 57.7. The summed E-state index contributed by atoms with van der Waals surface area (Å²) in [6.07, 6.45) is 0. The van der Waals surface area contributed by atoms with Crippen LogP contribution in [0.3, 0.4) is 0 Å². The van der Waals surface area contributed by atoms with Crippen molar-refractivity contribution in [2.24, 2.45) is 0 Å². The van der Waals surface area contributed by atoms with Gasteiger partial charge in [-0.25, -0.2) is 4.98 Å². The van der Waals surface area contributed by atoms with Crippen LogP contribution in [-0.4, -0.2) is 14.1 Å². The molecule has 12 aromatic rings. The van der Waals surface area contributed by atoms with Crippen LogP contribution in [0.5, 0.6) is 0 Å². The summed E-state index contributed by atoms with van der Waals surface area (Å²) >= 11 is 0. The third-order valence-corrected chi connectivity index (χ3v) is 10.7. The SMILES string of the molecule is c1ccc(-n2c3ccccc3c3c2ccc2c4ccccc4n(-c4ccc5oc6cc7ccccc7c(-c7nc8ccccc8o7)c6c5c4)c23)cc1. The van der Waals surface area contributed by atoms with Crippen molar-refractivity contribution in [3.63, 3.8) is 0 Å². The molecule has 0 aliphatic rings. The fourth-order valence-corrected chi connectivity index (χ4v) is 8.56. The first-order chi connectivity index (χ1) is 25.8. The van der Waals surface area contributed by atoms with Gasteiger partial charge in [-0.05, 0) is 77.5 Å². The summed E-state index contributed by atoms with van der Waals surface area (Å²) in [5.74, 6) is 0.586. The molecule has 0 atom stereocenters. The second-order valence-electron chi connectivity index (χ2n) is 13.5. The van der Waals surface area contributed by atoms with Crippen LogP contribution in [0.2, 0.25) is 0 Å². The molecule has 0 radical (unpaired) electrons.